The summed E-state index contributed by atoms with van der Waals surface area (Å²) in [5.74, 6) is 0.712. The summed E-state index contributed by atoms with van der Waals surface area (Å²) in [6, 6.07) is 4.84. The molecule has 0 atom stereocenters. The van der Waals surface area contributed by atoms with Crippen LogP contribution in [-0.4, -0.2) is 11.1 Å². The van der Waals surface area contributed by atoms with Crippen LogP contribution in [0.1, 0.15) is 13.8 Å². The van der Waals surface area contributed by atoms with E-state index in [0.29, 0.717) is 15.8 Å². The van der Waals surface area contributed by atoms with Gasteiger partial charge < -0.3 is 9.94 Å². The maximum absolute atomic E-state index is 8.69. The summed E-state index contributed by atoms with van der Waals surface area (Å²) in [5, 5.41) is 12.6. The number of benzene rings is 1. The average molecular weight is 248 g/mol. The van der Waals surface area contributed by atoms with E-state index in [-0.39, 0.29) is 11.8 Å². The van der Waals surface area contributed by atoms with Gasteiger partial charge in [0.1, 0.15) is 5.75 Å². The largest absolute Gasteiger partial charge is 0.439 e. The zero-order valence-electron chi connectivity index (χ0n) is 8.37. The molecule has 1 rings (SSSR count). The van der Waals surface area contributed by atoms with Crippen molar-refractivity contribution in [2.75, 3.05) is 0 Å². The van der Waals surface area contributed by atoms with Crippen LogP contribution in [0.25, 0.3) is 0 Å². The van der Waals surface area contributed by atoms with E-state index in [2.05, 4.69) is 5.16 Å². The minimum Gasteiger partial charge on any atom is -0.439 e. The van der Waals surface area contributed by atoms with Crippen molar-refractivity contribution in [3.05, 3.63) is 28.2 Å². The fourth-order valence-corrected chi connectivity index (χ4v) is 1.20. The highest BCUT2D eigenvalue weighted by molar-refractivity contribution is 6.42. The van der Waals surface area contributed by atoms with Crippen molar-refractivity contribution < 1.29 is 9.94 Å². The van der Waals surface area contributed by atoms with Crippen molar-refractivity contribution in [3.63, 3.8) is 0 Å². The van der Waals surface area contributed by atoms with E-state index < -0.39 is 0 Å². The summed E-state index contributed by atoms with van der Waals surface area (Å²) in [4.78, 5) is 0. The molecule has 0 aliphatic rings. The lowest BCUT2D eigenvalue weighted by molar-refractivity contribution is 0.296. The number of ether oxygens (including phenoxy) is 1. The molecule has 5 heteroatoms. The van der Waals surface area contributed by atoms with E-state index in [0.717, 1.165) is 0 Å². The average Bonchev–Trinajstić information content (AvgIpc) is 2.19. The highest BCUT2D eigenvalue weighted by Gasteiger charge is 2.09. The first-order valence-corrected chi connectivity index (χ1v) is 5.15. The lowest BCUT2D eigenvalue weighted by atomic mass is 10.2. The summed E-state index contributed by atoms with van der Waals surface area (Å²) < 4.78 is 5.32. The molecule has 0 aromatic heterocycles. The summed E-state index contributed by atoms with van der Waals surface area (Å²) in [6.45, 7) is 3.71. The Kier molecular flexibility index (Phi) is 4.24. The molecule has 15 heavy (non-hydrogen) atoms. The first kappa shape index (κ1) is 12.1. The third kappa shape index (κ3) is 3.29. The van der Waals surface area contributed by atoms with Crippen LogP contribution in [0.5, 0.6) is 5.75 Å². The molecule has 0 unspecified atom stereocenters. The van der Waals surface area contributed by atoms with Gasteiger partial charge in [0.25, 0.3) is 0 Å². The van der Waals surface area contributed by atoms with Gasteiger partial charge in [-0.25, -0.2) is 0 Å². The Morgan fingerprint density at radius 1 is 1.33 bits per heavy atom. The second-order valence-corrected chi connectivity index (χ2v) is 4.09. The summed E-state index contributed by atoms with van der Waals surface area (Å²) in [6.07, 6.45) is 0. The predicted molar refractivity (Wildman–Crippen MR) is 61.1 cm³/mol. The summed E-state index contributed by atoms with van der Waals surface area (Å²) in [5.41, 5.74) is 0. The monoisotopic (exact) mass is 247 g/mol. The van der Waals surface area contributed by atoms with Crippen molar-refractivity contribution in [1.29, 1.82) is 0 Å². The molecule has 1 aromatic rings. The van der Waals surface area contributed by atoms with E-state index in [1.807, 2.05) is 13.8 Å². The molecule has 0 radical (unpaired) electrons. The second-order valence-electron chi connectivity index (χ2n) is 3.27. The normalized spacial score (nSPS) is 11.9. The number of rotatable bonds is 2. The molecule has 1 aromatic carbocycles. The van der Waals surface area contributed by atoms with E-state index in [1.54, 1.807) is 18.2 Å². The fraction of sp³-hybridized carbons (Fsp3) is 0.300. The number of nitrogens with zero attached hydrogens (tertiary/aromatic N) is 1. The Hall–Kier alpha value is -0.930. The van der Waals surface area contributed by atoms with Crippen LogP contribution < -0.4 is 4.74 Å². The molecule has 0 spiro atoms. The molecule has 0 saturated carbocycles. The van der Waals surface area contributed by atoms with E-state index in [4.69, 9.17) is 33.1 Å². The van der Waals surface area contributed by atoms with Gasteiger partial charge in [-0.2, -0.15) is 0 Å². The van der Waals surface area contributed by atoms with Gasteiger partial charge in [-0.1, -0.05) is 42.2 Å². The SMILES string of the molecule is CC(C)/C(=N/O)Oc1ccc(Cl)c(Cl)c1. The van der Waals surface area contributed by atoms with Crippen LogP contribution in [0.15, 0.2) is 23.4 Å². The molecule has 0 fully saturated rings. The highest BCUT2D eigenvalue weighted by atomic mass is 35.5. The Balaban J connectivity index is 2.85. The van der Waals surface area contributed by atoms with Crippen molar-refractivity contribution >= 4 is 29.1 Å². The zero-order chi connectivity index (χ0) is 11.4. The van der Waals surface area contributed by atoms with Crippen LogP contribution in [0.2, 0.25) is 10.0 Å². The molecule has 1 N–H and O–H groups in total. The van der Waals surface area contributed by atoms with Crippen LogP contribution in [0, 0.1) is 5.92 Å². The Bertz CT molecular complexity index is 378. The molecule has 0 amide bonds. The van der Waals surface area contributed by atoms with Gasteiger partial charge in [0, 0.05) is 12.0 Å². The molecule has 0 aliphatic carbocycles. The molecule has 0 aliphatic heterocycles. The van der Waals surface area contributed by atoms with Crippen molar-refractivity contribution in [1.82, 2.24) is 0 Å². The smallest absolute Gasteiger partial charge is 0.233 e. The molecule has 0 heterocycles. The van der Waals surface area contributed by atoms with Gasteiger partial charge in [-0.05, 0) is 12.1 Å². The molecule has 3 nitrogen and oxygen atoms in total. The quantitative estimate of drug-likeness (QED) is 0.374. The number of hydrogen-bond acceptors (Lipinski definition) is 3. The Labute approximate surface area is 98.3 Å². The molecule has 82 valence electrons. The second kappa shape index (κ2) is 5.24. The molecule has 0 bridgehead atoms. The topological polar surface area (TPSA) is 41.8 Å². The fourth-order valence-electron chi connectivity index (χ4n) is 0.915. The summed E-state index contributed by atoms with van der Waals surface area (Å²) >= 11 is 11.6. The maximum atomic E-state index is 8.69. The standard InChI is InChI=1S/C10H11Cl2NO2/c1-6(2)10(13-14)15-7-3-4-8(11)9(12)5-7/h3-6,14H,1-2H3/b13-10-. The number of hydrogen-bond donors (Lipinski definition) is 1. The van der Waals surface area contributed by atoms with Crippen molar-refractivity contribution in [3.8, 4) is 5.75 Å². The highest BCUT2D eigenvalue weighted by Crippen LogP contribution is 2.26. The first-order chi connectivity index (χ1) is 7.04. The zero-order valence-corrected chi connectivity index (χ0v) is 9.88. The van der Waals surface area contributed by atoms with Gasteiger partial charge in [0.2, 0.25) is 5.90 Å². The summed E-state index contributed by atoms with van der Waals surface area (Å²) in [7, 11) is 0. The predicted octanol–water partition coefficient (Wildman–Crippen LogP) is 3.82. The maximum Gasteiger partial charge on any atom is 0.233 e. The van der Waals surface area contributed by atoms with Crippen LogP contribution in [-0.2, 0) is 0 Å². The van der Waals surface area contributed by atoms with Crippen molar-refractivity contribution in [2.45, 2.75) is 13.8 Å². The number of halogens is 2. The van der Waals surface area contributed by atoms with Gasteiger partial charge in [0.15, 0.2) is 0 Å². The Morgan fingerprint density at radius 3 is 2.47 bits per heavy atom. The van der Waals surface area contributed by atoms with Crippen LogP contribution >= 0.6 is 23.2 Å². The minimum atomic E-state index is -0.00977. The van der Waals surface area contributed by atoms with Crippen LogP contribution in [0.3, 0.4) is 0 Å². The van der Waals surface area contributed by atoms with E-state index in [1.165, 1.54) is 0 Å². The minimum absolute atomic E-state index is 0.00977. The van der Waals surface area contributed by atoms with Gasteiger partial charge in [-0.15, -0.1) is 0 Å². The third-order valence-electron chi connectivity index (χ3n) is 1.71. The first-order valence-electron chi connectivity index (χ1n) is 4.39. The van der Waals surface area contributed by atoms with E-state index >= 15 is 0 Å². The lowest BCUT2D eigenvalue weighted by Crippen LogP contribution is -2.15. The molecular formula is C10H11Cl2NO2. The van der Waals surface area contributed by atoms with Crippen molar-refractivity contribution in [2.24, 2.45) is 11.1 Å². The van der Waals surface area contributed by atoms with E-state index in [9.17, 15) is 0 Å². The molecule has 0 saturated heterocycles. The van der Waals surface area contributed by atoms with Gasteiger partial charge in [0.05, 0.1) is 10.0 Å². The molecular weight excluding hydrogens is 237 g/mol. The third-order valence-corrected chi connectivity index (χ3v) is 2.44. The Morgan fingerprint density at radius 2 is 2.00 bits per heavy atom. The lowest BCUT2D eigenvalue weighted by Gasteiger charge is -2.10. The van der Waals surface area contributed by atoms with Crippen LogP contribution in [0.4, 0.5) is 0 Å². The number of oxime groups is 1. The van der Waals surface area contributed by atoms with Gasteiger partial charge >= 0.3 is 0 Å². The van der Waals surface area contributed by atoms with Gasteiger partial charge in [-0.3, -0.25) is 0 Å².